The van der Waals surface area contributed by atoms with Crippen LogP contribution in [0.2, 0.25) is 5.02 Å². The van der Waals surface area contributed by atoms with Gasteiger partial charge in [0.15, 0.2) is 0 Å². The van der Waals surface area contributed by atoms with Crippen LogP contribution in [0.1, 0.15) is 38.7 Å². The van der Waals surface area contributed by atoms with Gasteiger partial charge < -0.3 is 25.0 Å². The van der Waals surface area contributed by atoms with E-state index in [9.17, 15) is 14.3 Å². The molecule has 2 heterocycles. The zero-order chi connectivity index (χ0) is 28.3. The summed E-state index contributed by atoms with van der Waals surface area (Å²) in [5.74, 6) is 0.299. The monoisotopic (exact) mass is 567 g/mol. The maximum atomic E-state index is 13.6. The van der Waals surface area contributed by atoms with Crippen LogP contribution < -0.4 is 15.0 Å². The number of hydrogen-bond donors (Lipinski definition) is 2. The molecule has 2 saturated heterocycles. The Morgan fingerprint density at radius 1 is 1.10 bits per heavy atom. The van der Waals surface area contributed by atoms with Gasteiger partial charge in [-0.2, -0.15) is 0 Å². The molecule has 3 aromatic carbocycles. The minimum Gasteiger partial charge on any atom is -0.489 e. The van der Waals surface area contributed by atoms with Crippen molar-refractivity contribution in [1.29, 1.82) is 0 Å². The molecule has 2 aliphatic rings. The number of amides is 1. The normalized spacial score (nSPS) is 18.8. The van der Waals surface area contributed by atoms with Crippen LogP contribution in [0.15, 0.2) is 54.6 Å². The van der Waals surface area contributed by atoms with E-state index in [1.54, 1.807) is 26.0 Å². The largest absolute Gasteiger partial charge is 0.489 e. The third-order valence-electron chi connectivity index (χ3n) is 7.79. The van der Waals surface area contributed by atoms with Crippen molar-refractivity contribution in [2.75, 3.05) is 44.2 Å². The second-order valence-corrected chi connectivity index (χ2v) is 12.3. The van der Waals surface area contributed by atoms with Crippen molar-refractivity contribution < 1.29 is 19.0 Å². The van der Waals surface area contributed by atoms with E-state index in [2.05, 4.69) is 21.2 Å². The van der Waals surface area contributed by atoms with Gasteiger partial charge in [-0.05, 0) is 105 Å². The molecule has 0 bridgehead atoms. The van der Waals surface area contributed by atoms with E-state index in [-0.39, 0.29) is 30.3 Å². The third kappa shape index (κ3) is 7.45. The first-order chi connectivity index (χ1) is 19.1. The van der Waals surface area contributed by atoms with Crippen LogP contribution in [-0.4, -0.2) is 66.9 Å². The average molecular weight is 568 g/mol. The molecule has 0 spiro atoms. The maximum absolute atomic E-state index is 13.6. The van der Waals surface area contributed by atoms with Gasteiger partial charge in [-0.25, -0.2) is 4.39 Å². The summed E-state index contributed by atoms with van der Waals surface area (Å²) in [6, 6.07) is 16.5. The van der Waals surface area contributed by atoms with Gasteiger partial charge in [-0.15, -0.1) is 0 Å². The standard InChI is InChI=1S/C32H39ClFN3O3/c1-32(2,39)21-40-30-10-5-22(16-29(30)33)15-27(20-36-12-3-4-13-36)35-31(38)25-11-14-37(19-25)28-9-7-23-17-26(34)8-6-24(23)18-28/h5-10,16-18,25,27,39H,3-4,11-15,19-21H2,1-2H3,(H,35,38)/t25-,27+/m1/s1. The molecular weight excluding hydrogens is 529 g/mol. The average Bonchev–Trinajstić information content (AvgIpc) is 3.60. The molecule has 0 aromatic heterocycles. The lowest BCUT2D eigenvalue weighted by molar-refractivity contribution is -0.125. The van der Waals surface area contributed by atoms with E-state index >= 15 is 0 Å². The van der Waals surface area contributed by atoms with Gasteiger partial charge in [0.25, 0.3) is 0 Å². The number of ether oxygens (including phenoxy) is 1. The minimum atomic E-state index is -0.948. The molecule has 0 unspecified atom stereocenters. The van der Waals surface area contributed by atoms with E-state index in [1.807, 2.05) is 30.3 Å². The van der Waals surface area contributed by atoms with Crippen molar-refractivity contribution in [2.24, 2.45) is 5.92 Å². The van der Waals surface area contributed by atoms with Crippen LogP contribution in [0.25, 0.3) is 10.8 Å². The highest BCUT2D eigenvalue weighted by atomic mass is 35.5. The first-order valence-corrected chi connectivity index (χ1v) is 14.6. The van der Waals surface area contributed by atoms with Gasteiger partial charge in [0.1, 0.15) is 18.2 Å². The molecule has 2 aliphatic heterocycles. The Morgan fingerprint density at radius 3 is 2.60 bits per heavy atom. The van der Waals surface area contributed by atoms with E-state index in [0.29, 0.717) is 23.7 Å². The lowest BCUT2D eigenvalue weighted by Crippen LogP contribution is -2.46. The van der Waals surface area contributed by atoms with E-state index < -0.39 is 5.60 Å². The molecule has 8 heteroatoms. The molecule has 0 aliphatic carbocycles. The van der Waals surface area contributed by atoms with E-state index in [0.717, 1.165) is 54.6 Å². The van der Waals surface area contributed by atoms with Crippen molar-refractivity contribution in [3.8, 4) is 5.75 Å². The maximum Gasteiger partial charge on any atom is 0.225 e. The molecule has 1 amide bonds. The molecule has 2 atom stereocenters. The summed E-state index contributed by atoms with van der Waals surface area (Å²) in [5.41, 5.74) is 1.15. The zero-order valence-electron chi connectivity index (χ0n) is 23.3. The van der Waals surface area contributed by atoms with Crippen LogP contribution in [0.5, 0.6) is 5.75 Å². The van der Waals surface area contributed by atoms with Crippen LogP contribution in [-0.2, 0) is 11.2 Å². The Kier molecular flexibility index (Phi) is 8.83. The molecule has 6 nitrogen and oxygen atoms in total. The first kappa shape index (κ1) is 28.7. The SMILES string of the molecule is CC(C)(O)COc1ccc(C[C@@H](CN2CCCC2)NC(=O)[C@@H]2CCN(c3ccc4cc(F)ccc4c3)C2)cc1Cl. The Hall–Kier alpha value is -2.87. The van der Waals surface area contributed by atoms with E-state index in [1.165, 1.54) is 18.9 Å². The van der Waals surface area contributed by atoms with Gasteiger partial charge in [0.2, 0.25) is 5.91 Å². The number of anilines is 1. The number of hydrogen-bond acceptors (Lipinski definition) is 5. The molecule has 0 saturated carbocycles. The van der Waals surface area contributed by atoms with Crippen LogP contribution in [0, 0.1) is 11.7 Å². The number of benzene rings is 3. The van der Waals surface area contributed by atoms with Crippen LogP contribution in [0.3, 0.4) is 0 Å². The highest BCUT2D eigenvalue weighted by Gasteiger charge is 2.30. The summed E-state index contributed by atoms with van der Waals surface area (Å²) < 4.78 is 19.3. The predicted octanol–water partition coefficient (Wildman–Crippen LogP) is 5.43. The van der Waals surface area contributed by atoms with Gasteiger partial charge in [-0.1, -0.05) is 29.8 Å². The second-order valence-electron chi connectivity index (χ2n) is 11.9. The zero-order valence-corrected chi connectivity index (χ0v) is 24.1. The molecule has 3 aromatic rings. The third-order valence-corrected chi connectivity index (χ3v) is 8.09. The summed E-state index contributed by atoms with van der Waals surface area (Å²) in [6.45, 7) is 7.91. The van der Waals surface area contributed by atoms with Crippen molar-refractivity contribution >= 4 is 34.0 Å². The number of carbonyl (C=O) groups excluding carboxylic acids is 1. The Balaban J connectivity index is 1.23. The molecule has 40 heavy (non-hydrogen) atoms. The quantitative estimate of drug-likeness (QED) is 0.342. The molecular formula is C32H39ClFN3O3. The first-order valence-electron chi connectivity index (χ1n) is 14.2. The predicted molar refractivity (Wildman–Crippen MR) is 159 cm³/mol. The Bertz CT molecular complexity index is 1340. The topological polar surface area (TPSA) is 65.0 Å². The van der Waals surface area contributed by atoms with Gasteiger partial charge in [0.05, 0.1) is 16.5 Å². The lowest BCUT2D eigenvalue weighted by atomic mass is 10.0. The number of fused-ring (bicyclic) bond motifs is 1. The minimum absolute atomic E-state index is 0.0329. The summed E-state index contributed by atoms with van der Waals surface area (Å²) in [7, 11) is 0. The number of nitrogens with one attached hydrogen (secondary N) is 1. The fraction of sp³-hybridized carbons (Fsp3) is 0.469. The molecule has 214 valence electrons. The lowest BCUT2D eigenvalue weighted by Gasteiger charge is -2.26. The number of likely N-dealkylation sites (tertiary alicyclic amines) is 1. The van der Waals surface area contributed by atoms with Crippen molar-refractivity contribution in [3.63, 3.8) is 0 Å². The summed E-state index contributed by atoms with van der Waals surface area (Å²) in [4.78, 5) is 18.1. The van der Waals surface area contributed by atoms with Crippen molar-refractivity contribution in [2.45, 2.75) is 51.2 Å². The Labute approximate surface area is 241 Å². The van der Waals surface area contributed by atoms with Crippen LogP contribution in [0.4, 0.5) is 10.1 Å². The summed E-state index contributed by atoms with van der Waals surface area (Å²) >= 11 is 6.51. The second kappa shape index (κ2) is 12.3. The Morgan fingerprint density at radius 2 is 1.85 bits per heavy atom. The molecule has 5 rings (SSSR count). The number of nitrogens with zero attached hydrogens (tertiary/aromatic N) is 2. The van der Waals surface area contributed by atoms with Crippen molar-refractivity contribution in [1.82, 2.24) is 10.2 Å². The van der Waals surface area contributed by atoms with Gasteiger partial charge in [0, 0.05) is 31.4 Å². The molecule has 0 radical (unpaired) electrons. The fourth-order valence-electron chi connectivity index (χ4n) is 5.69. The molecule has 2 fully saturated rings. The van der Waals surface area contributed by atoms with Gasteiger partial charge in [-0.3, -0.25) is 4.79 Å². The summed E-state index contributed by atoms with van der Waals surface area (Å²) in [5, 5.41) is 15.7. The highest BCUT2D eigenvalue weighted by Crippen LogP contribution is 2.29. The van der Waals surface area contributed by atoms with Crippen molar-refractivity contribution in [3.05, 3.63) is 71.0 Å². The van der Waals surface area contributed by atoms with Crippen LogP contribution >= 0.6 is 11.6 Å². The number of rotatable bonds is 10. The number of aliphatic hydroxyl groups is 1. The fourth-order valence-corrected chi connectivity index (χ4v) is 5.95. The number of carbonyl (C=O) groups is 1. The highest BCUT2D eigenvalue weighted by molar-refractivity contribution is 6.32. The van der Waals surface area contributed by atoms with Gasteiger partial charge >= 0.3 is 0 Å². The molecule has 2 N–H and O–H groups in total. The van der Waals surface area contributed by atoms with E-state index in [4.69, 9.17) is 16.3 Å². The number of halogens is 2. The summed E-state index contributed by atoms with van der Waals surface area (Å²) in [6.07, 6.45) is 3.85. The smallest absolute Gasteiger partial charge is 0.225 e.